The molecule has 1 amide bonds. The van der Waals surface area contributed by atoms with Gasteiger partial charge in [0, 0.05) is 0 Å². The van der Waals surface area contributed by atoms with Gasteiger partial charge in [-0.1, -0.05) is 6.92 Å². The van der Waals surface area contributed by atoms with Crippen LogP contribution >= 0.6 is 12.2 Å². The molecule has 4 aliphatic rings. The van der Waals surface area contributed by atoms with E-state index in [4.69, 9.17) is 0 Å². The van der Waals surface area contributed by atoms with Gasteiger partial charge in [-0.2, -0.15) is 4.99 Å². The molecule has 0 spiro atoms. The summed E-state index contributed by atoms with van der Waals surface area (Å²) >= 11 is 4.57. The average Bonchev–Trinajstić information content (AvgIpc) is 2.13. The molecule has 4 saturated carbocycles. The minimum absolute atomic E-state index is 0.0165. The van der Waals surface area contributed by atoms with Gasteiger partial charge in [-0.15, -0.1) is 0 Å². The third kappa shape index (κ3) is 1.42. The Morgan fingerprint density at radius 2 is 1.94 bits per heavy atom. The molecular weight excluding hydrogens is 218 g/mol. The van der Waals surface area contributed by atoms with Crippen molar-refractivity contribution >= 4 is 23.3 Å². The quantitative estimate of drug-likeness (QED) is 0.516. The first kappa shape index (κ1) is 10.6. The number of carbonyl (C=O) groups excluding carboxylic acids is 1. The van der Waals surface area contributed by atoms with E-state index in [0.717, 1.165) is 31.1 Å². The fraction of sp³-hybridized carbons (Fsp3) is 0.846. The fourth-order valence-corrected chi connectivity index (χ4v) is 5.21. The molecule has 2 nitrogen and oxygen atoms in total. The molecule has 0 heterocycles. The Hall–Kier alpha value is -0.530. The van der Waals surface area contributed by atoms with E-state index in [1.54, 1.807) is 0 Å². The van der Waals surface area contributed by atoms with E-state index in [1.165, 1.54) is 19.3 Å². The number of carbonyl (C=O) groups is 1. The SMILES string of the molecule is CC12CC3CC(C1)CC(C(=O)N=C=S)(C3)C2. The van der Waals surface area contributed by atoms with Gasteiger partial charge in [0.15, 0.2) is 0 Å². The van der Waals surface area contributed by atoms with Gasteiger partial charge < -0.3 is 0 Å². The van der Waals surface area contributed by atoms with Crippen LogP contribution in [0.25, 0.3) is 0 Å². The van der Waals surface area contributed by atoms with Crippen molar-refractivity contribution in [1.82, 2.24) is 0 Å². The number of rotatable bonds is 1. The lowest BCUT2D eigenvalue weighted by molar-refractivity contribution is -0.151. The molecule has 4 aliphatic carbocycles. The number of aliphatic imine (C=N–C) groups is 1. The van der Waals surface area contributed by atoms with E-state index in [-0.39, 0.29) is 11.3 Å². The molecule has 86 valence electrons. The van der Waals surface area contributed by atoms with Crippen molar-refractivity contribution in [2.45, 2.75) is 45.4 Å². The summed E-state index contributed by atoms with van der Waals surface area (Å²) in [5, 5.41) is 2.26. The number of nitrogens with zero attached hydrogens (tertiary/aromatic N) is 1. The predicted molar refractivity (Wildman–Crippen MR) is 65.3 cm³/mol. The van der Waals surface area contributed by atoms with Crippen molar-refractivity contribution in [3.63, 3.8) is 0 Å². The van der Waals surface area contributed by atoms with E-state index < -0.39 is 0 Å². The van der Waals surface area contributed by atoms with Crippen molar-refractivity contribution in [1.29, 1.82) is 0 Å². The molecule has 4 bridgehead atoms. The highest BCUT2D eigenvalue weighted by atomic mass is 32.1. The molecule has 0 aromatic heterocycles. The second-order valence-electron chi connectivity index (χ2n) is 6.56. The zero-order valence-electron chi connectivity index (χ0n) is 9.66. The van der Waals surface area contributed by atoms with Gasteiger partial charge in [0.1, 0.15) is 0 Å². The summed E-state index contributed by atoms with van der Waals surface area (Å²) in [6.07, 6.45) is 7.12. The van der Waals surface area contributed by atoms with E-state index >= 15 is 0 Å². The summed E-state index contributed by atoms with van der Waals surface area (Å²) < 4.78 is 0. The third-order valence-corrected chi connectivity index (χ3v) is 5.05. The van der Waals surface area contributed by atoms with Crippen LogP contribution in [-0.2, 0) is 4.79 Å². The number of isothiocyanates is 1. The molecule has 0 aromatic carbocycles. The van der Waals surface area contributed by atoms with Gasteiger partial charge in [-0.05, 0) is 68.0 Å². The summed E-state index contributed by atoms with van der Waals surface area (Å²) in [6, 6.07) is 0. The Bertz CT molecular complexity index is 383. The lowest BCUT2D eigenvalue weighted by atomic mass is 9.44. The van der Waals surface area contributed by atoms with Gasteiger partial charge >= 0.3 is 0 Å². The Labute approximate surface area is 102 Å². The van der Waals surface area contributed by atoms with Crippen molar-refractivity contribution in [2.24, 2.45) is 27.7 Å². The Morgan fingerprint density at radius 1 is 1.31 bits per heavy atom. The maximum atomic E-state index is 12.1. The van der Waals surface area contributed by atoms with Gasteiger partial charge in [-0.25, -0.2) is 0 Å². The van der Waals surface area contributed by atoms with Crippen molar-refractivity contribution in [3.05, 3.63) is 0 Å². The first-order chi connectivity index (χ1) is 7.55. The minimum atomic E-state index is -0.162. The zero-order chi connectivity index (χ0) is 11.4. The Balaban J connectivity index is 1.97. The summed E-state index contributed by atoms with van der Waals surface area (Å²) in [4.78, 5) is 15.9. The fourth-order valence-electron chi connectivity index (χ4n) is 5.13. The molecule has 3 heteroatoms. The van der Waals surface area contributed by atoms with E-state index in [9.17, 15) is 4.79 Å². The first-order valence-corrected chi connectivity index (χ1v) is 6.58. The highest BCUT2D eigenvalue weighted by Crippen LogP contribution is 2.65. The molecule has 0 aromatic rings. The van der Waals surface area contributed by atoms with E-state index in [0.29, 0.717) is 5.41 Å². The second-order valence-corrected chi connectivity index (χ2v) is 6.74. The van der Waals surface area contributed by atoms with Crippen LogP contribution in [0.2, 0.25) is 0 Å². The van der Waals surface area contributed by atoms with Gasteiger partial charge in [0.2, 0.25) is 0 Å². The molecule has 0 N–H and O–H groups in total. The van der Waals surface area contributed by atoms with Crippen molar-refractivity contribution in [2.75, 3.05) is 0 Å². The summed E-state index contributed by atoms with van der Waals surface area (Å²) in [5.41, 5.74) is 0.237. The van der Waals surface area contributed by atoms with Crippen LogP contribution in [0, 0.1) is 22.7 Å². The normalized spacial score (nSPS) is 48.8. The van der Waals surface area contributed by atoms with Crippen LogP contribution in [0.1, 0.15) is 45.4 Å². The molecular formula is C13H17NOS. The third-order valence-electron chi connectivity index (χ3n) is 4.95. The maximum Gasteiger partial charge on any atom is 0.260 e. The van der Waals surface area contributed by atoms with Crippen LogP contribution in [0.5, 0.6) is 0 Å². The van der Waals surface area contributed by atoms with Crippen LogP contribution in [0.4, 0.5) is 0 Å². The van der Waals surface area contributed by atoms with Gasteiger partial charge in [0.05, 0.1) is 10.6 Å². The molecule has 0 radical (unpaired) electrons. The first-order valence-electron chi connectivity index (χ1n) is 6.18. The topological polar surface area (TPSA) is 29.4 Å². The molecule has 4 fully saturated rings. The Morgan fingerprint density at radius 3 is 2.44 bits per heavy atom. The summed E-state index contributed by atoms with van der Waals surface area (Å²) in [6.45, 7) is 2.35. The predicted octanol–water partition coefficient (Wildman–Crippen LogP) is 3.22. The largest absolute Gasteiger partial charge is 0.271 e. The van der Waals surface area contributed by atoms with Crippen LogP contribution in [0.15, 0.2) is 4.99 Å². The van der Waals surface area contributed by atoms with Crippen LogP contribution in [0.3, 0.4) is 0 Å². The monoisotopic (exact) mass is 235 g/mol. The zero-order valence-corrected chi connectivity index (χ0v) is 10.5. The maximum absolute atomic E-state index is 12.1. The smallest absolute Gasteiger partial charge is 0.260 e. The highest BCUT2D eigenvalue weighted by Gasteiger charge is 2.58. The standard InChI is InChI=1S/C13H17NOS/c1-12-3-9-2-10(4-12)6-13(5-9,7-12)11(15)14-8-16/h9-10H,2-7H2,1H3. The summed E-state index contributed by atoms with van der Waals surface area (Å²) in [5.74, 6) is 1.54. The lowest BCUT2D eigenvalue weighted by Gasteiger charge is -2.59. The van der Waals surface area contributed by atoms with Crippen LogP contribution < -0.4 is 0 Å². The van der Waals surface area contributed by atoms with Crippen molar-refractivity contribution in [3.8, 4) is 0 Å². The van der Waals surface area contributed by atoms with Gasteiger partial charge in [0.25, 0.3) is 5.91 Å². The Kier molecular flexibility index (Phi) is 2.15. The van der Waals surface area contributed by atoms with E-state index in [2.05, 4.69) is 29.3 Å². The molecule has 0 aliphatic heterocycles. The number of hydrogen-bond acceptors (Lipinski definition) is 2. The molecule has 4 rings (SSSR count). The number of amides is 1. The number of thiocarbonyl (C=S) groups is 1. The molecule has 16 heavy (non-hydrogen) atoms. The second kappa shape index (κ2) is 3.24. The lowest BCUT2D eigenvalue weighted by Crippen LogP contribution is -2.53. The molecule has 2 atom stereocenters. The summed E-state index contributed by atoms with van der Waals surface area (Å²) in [7, 11) is 0. The molecule has 2 unspecified atom stereocenters. The van der Waals surface area contributed by atoms with E-state index in [1.807, 2.05) is 0 Å². The number of hydrogen-bond donors (Lipinski definition) is 0. The van der Waals surface area contributed by atoms with Crippen LogP contribution in [-0.4, -0.2) is 11.1 Å². The minimum Gasteiger partial charge on any atom is -0.271 e. The average molecular weight is 235 g/mol. The van der Waals surface area contributed by atoms with Gasteiger partial charge in [-0.3, -0.25) is 4.79 Å². The van der Waals surface area contributed by atoms with Crippen molar-refractivity contribution < 1.29 is 4.79 Å². The molecule has 0 saturated heterocycles. The highest BCUT2D eigenvalue weighted by molar-refractivity contribution is 7.78.